The van der Waals surface area contributed by atoms with Gasteiger partial charge in [0.15, 0.2) is 0 Å². The van der Waals surface area contributed by atoms with Crippen LogP contribution in [0.4, 0.5) is 4.39 Å². The lowest BCUT2D eigenvalue weighted by Crippen LogP contribution is -2.42. The van der Waals surface area contributed by atoms with Crippen molar-refractivity contribution in [2.24, 2.45) is 5.92 Å². The molecule has 0 bridgehead atoms. The van der Waals surface area contributed by atoms with E-state index in [2.05, 4.69) is 30.3 Å². The molecule has 5 rings (SSSR count). The third kappa shape index (κ3) is 7.25. The molecular weight excluding hydrogens is 477 g/mol. The van der Waals surface area contributed by atoms with Crippen molar-refractivity contribution in [1.29, 1.82) is 0 Å². The second-order valence-electron chi connectivity index (χ2n) is 10.4. The summed E-state index contributed by atoms with van der Waals surface area (Å²) in [5.41, 5.74) is 2.61. The van der Waals surface area contributed by atoms with Gasteiger partial charge < -0.3 is 25.1 Å². The summed E-state index contributed by atoms with van der Waals surface area (Å²) in [6.45, 7) is 8.29. The Hall–Kier alpha value is -3.53. The molecule has 10 heteroatoms. The number of carbonyl (C=O) groups excluding carboxylic acids is 2. The maximum atomic E-state index is 13.9. The number of nitrogens with one attached hydrogen (secondary N) is 3. The first-order valence-electron chi connectivity index (χ1n) is 12.6. The molecule has 3 aromatic rings. The number of halogens is 1. The molecule has 1 aromatic carbocycles. The number of benzene rings is 1. The van der Waals surface area contributed by atoms with Gasteiger partial charge in [0, 0.05) is 23.9 Å². The van der Waals surface area contributed by atoms with Gasteiger partial charge in [-0.05, 0) is 77.6 Å². The SMILES string of the molecule is CC(C)(C)OC=O.O=C(NC1CCNCC1)c1c[nH]c2c(-c3ccc(F)cc3OCC3CC3)ncnc12. The van der Waals surface area contributed by atoms with Crippen molar-refractivity contribution in [2.45, 2.75) is 58.1 Å². The first kappa shape index (κ1) is 26.5. The minimum absolute atomic E-state index is 0.151. The number of piperidine rings is 1. The molecule has 1 aliphatic heterocycles. The third-order valence-electron chi connectivity index (χ3n) is 6.15. The molecule has 1 saturated heterocycles. The highest BCUT2D eigenvalue weighted by molar-refractivity contribution is 6.07. The summed E-state index contributed by atoms with van der Waals surface area (Å²) in [4.78, 5) is 34.3. The lowest BCUT2D eigenvalue weighted by molar-refractivity contribution is -0.138. The van der Waals surface area contributed by atoms with Crippen LogP contribution in [-0.2, 0) is 9.53 Å². The number of carbonyl (C=O) groups is 2. The molecule has 0 unspecified atom stereocenters. The minimum atomic E-state index is -0.358. The summed E-state index contributed by atoms with van der Waals surface area (Å²) in [5.74, 6) is 0.491. The van der Waals surface area contributed by atoms with Crippen LogP contribution in [0.2, 0.25) is 0 Å². The van der Waals surface area contributed by atoms with Crippen molar-refractivity contribution in [3.63, 3.8) is 0 Å². The second kappa shape index (κ2) is 11.7. The van der Waals surface area contributed by atoms with Crippen LogP contribution in [0, 0.1) is 11.7 Å². The van der Waals surface area contributed by atoms with E-state index in [1.165, 1.54) is 18.5 Å². The van der Waals surface area contributed by atoms with Crippen LogP contribution in [-0.4, -0.2) is 58.7 Å². The predicted molar refractivity (Wildman–Crippen MR) is 138 cm³/mol. The Morgan fingerprint density at radius 3 is 2.59 bits per heavy atom. The van der Waals surface area contributed by atoms with Crippen molar-refractivity contribution in [2.75, 3.05) is 19.7 Å². The van der Waals surface area contributed by atoms with E-state index >= 15 is 0 Å². The van der Waals surface area contributed by atoms with Gasteiger partial charge in [-0.25, -0.2) is 14.4 Å². The fourth-order valence-electron chi connectivity index (χ4n) is 3.99. The third-order valence-corrected chi connectivity index (χ3v) is 6.15. The molecular formula is C27H34FN5O4. The Balaban J connectivity index is 0.000000405. The number of ether oxygens (including phenoxy) is 2. The molecule has 0 radical (unpaired) electrons. The Bertz CT molecular complexity index is 1230. The quantitative estimate of drug-likeness (QED) is 0.411. The number of amides is 1. The molecule has 0 spiro atoms. The Morgan fingerprint density at radius 2 is 1.95 bits per heavy atom. The van der Waals surface area contributed by atoms with Crippen molar-refractivity contribution in [1.82, 2.24) is 25.6 Å². The van der Waals surface area contributed by atoms with E-state index < -0.39 is 0 Å². The van der Waals surface area contributed by atoms with E-state index in [1.54, 1.807) is 12.3 Å². The summed E-state index contributed by atoms with van der Waals surface area (Å²) in [7, 11) is 0. The van der Waals surface area contributed by atoms with E-state index in [1.807, 2.05) is 20.8 Å². The molecule has 3 N–H and O–H groups in total. The van der Waals surface area contributed by atoms with E-state index in [0.717, 1.165) is 38.8 Å². The summed E-state index contributed by atoms with van der Waals surface area (Å²) in [6, 6.07) is 4.60. The van der Waals surface area contributed by atoms with Gasteiger partial charge in [-0.15, -0.1) is 0 Å². The van der Waals surface area contributed by atoms with E-state index in [4.69, 9.17) is 4.74 Å². The standard InChI is InChI=1S/C22H24FN5O2.C5H10O2/c23-14-3-4-16(18(9-14)30-11-13-1-2-13)19-21-20(27-12-26-19)17(10-25-21)22(29)28-15-5-7-24-8-6-15;1-5(2,3)7-4-6/h3-4,9-10,12-13,15,24-25H,1-2,5-8,11H2,(H,28,29);4H,1-3H3. The van der Waals surface area contributed by atoms with Gasteiger partial charge in [0.25, 0.3) is 12.4 Å². The van der Waals surface area contributed by atoms with Crippen LogP contribution in [0.5, 0.6) is 5.75 Å². The van der Waals surface area contributed by atoms with Crippen LogP contribution < -0.4 is 15.4 Å². The molecule has 37 heavy (non-hydrogen) atoms. The van der Waals surface area contributed by atoms with Gasteiger partial charge in [-0.1, -0.05) is 0 Å². The smallest absolute Gasteiger partial charge is 0.293 e. The van der Waals surface area contributed by atoms with E-state index in [0.29, 0.717) is 52.6 Å². The molecule has 2 fully saturated rings. The maximum absolute atomic E-state index is 13.9. The summed E-state index contributed by atoms with van der Waals surface area (Å²) in [6.07, 6.45) is 7.20. The molecule has 2 aliphatic rings. The van der Waals surface area contributed by atoms with Gasteiger partial charge in [-0.3, -0.25) is 9.59 Å². The predicted octanol–water partition coefficient (Wildman–Crippen LogP) is 3.99. The number of hydrogen-bond donors (Lipinski definition) is 3. The molecule has 198 valence electrons. The monoisotopic (exact) mass is 511 g/mol. The van der Waals surface area contributed by atoms with Crippen LogP contribution in [0.1, 0.15) is 56.8 Å². The normalized spacial score (nSPS) is 16.0. The number of aromatic nitrogens is 3. The highest BCUT2D eigenvalue weighted by Gasteiger charge is 2.24. The summed E-state index contributed by atoms with van der Waals surface area (Å²) in [5, 5.41) is 6.39. The number of hydrogen-bond acceptors (Lipinski definition) is 7. The highest BCUT2D eigenvalue weighted by atomic mass is 19.1. The second-order valence-corrected chi connectivity index (χ2v) is 10.4. The highest BCUT2D eigenvalue weighted by Crippen LogP contribution is 2.36. The number of fused-ring (bicyclic) bond motifs is 1. The Labute approximate surface area is 215 Å². The van der Waals surface area contributed by atoms with Crippen LogP contribution >= 0.6 is 0 Å². The minimum Gasteiger partial charge on any atom is -0.492 e. The molecule has 9 nitrogen and oxygen atoms in total. The molecule has 2 aromatic heterocycles. The zero-order valence-electron chi connectivity index (χ0n) is 21.5. The van der Waals surface area contributed by atoms with Crippen LogP contribution in [0.15, 0.2) is 30.7 Å². The van der Waals surface area contributed by atoms with Gasteiger partial charge in [0.1, 0.15) is 34.7 Å². The molecule has 0 atom stereocenters. The molecule has 3 heterocycles. The average molecular weight is 512 g/mol. The van der Waals surface area contributed by atoms with Crippen LogP contribution in [0.25, 0.3) is 22.3 Å². The fraction of sp³-hybridized carbons (Fsp3) is 0.481. The first-order chi connectivity index (χ1) is 17.7. The van der Waals surface area contributed by atoms with Gasteiger partial charge in [0.2, 0.25) is 0 Å². The van der Waals surface area contributed by atoms with Crippen molar-refractivity contribution in [3.05, 3.63) is 42.1 Å². The van der Waals surface area contributed by atoms with Crippen molar-refractivity contribution in [3.8, 4) is 17.0 Å². The lowest BCUT2D eigenvalue weighted by Gasteiger charge is -2.23. The van der Waals surface area contributed by atoms with E-state index in [9.17, 15) is 14.0 Å². The first-order valence-corrected chi connectivity index (χ1v) is 12.6. The fourth-order valence-corrected chi connectivity index (χ4v) is 3.99. The molecule has 1 saturated carbocycles. The molecule has 1 aliphatic carbocycles. The van der Waals surface area contributed by atoms with Crippen molar-refractivity contribution < 1.29 is 23.5 Å². The average Bonchev–Trinajstić information content (AvgIpc) is 3.59. The molecule has 1 amide bonds. The van der Waals surface area contributed by atoms with Gasteiger partial charge in [0.05, 0.1) is 17.7 Å². The largest absolute Gasteiger partial charge is 0.492 e. The number of nitrogens with zero attached hydrogens (tertiary/aromatic N) is 2. The Morgan fingerprint density at radius 1 is 1.19 bits per heavy atom. The zero-order chi connectivity index (χ0) is 26.4. The van der Waals surface area contributed by atoms with E-state index in [-0.39, 0.29) is 23.4 Å². The summed E-state index contributed by atoms with van der Waals surface area (Å²) >= 11 is 0. The van der Waals surface area contributed by atoms with Gasteiger partial charge >= 0.3 is 0 Å². The summed E-state index contributed by atoms with van der Waals surface area (Å²) < 4.78 is 24.3. The maximum Gasteiger partial charge on any atom is 0.293 e. The topological polar surface area (TPSA) is 118 Å². The number of rotatable bonds is 7. The Kier molecular flexibility index (Phi) is 8.38. The van der Waals surface area contributed by atoms with Crippen LogP contribution in [0.3, 0.4) is 0 Å². The zero-order valence-corrected chi connectivity index (χ0v) is 21.5. The van der Waals surface area contributed by atoms with Crippen molar-refractivity contribution >= 4 is 23.4 Å². The number of H-pyrrole nitrogens is 1. The lowest BCUT2D eigenvalue weighted by atomic mass is 10.1. The number of aromatic amines is 1. The van der Waals surface area contributed by atoms with Gasteiger partial charge in [-0.2, -0.15) is 0 Å².